The molecule has 0 aliphatic rings. The molecule has 5 heteroatoms. The van der Waals surface area contributed by atoms with Crippen molar-refractivity contribution in [1.29, 1.82) is 0 Å². The van der Waals surface area contributed by atoms with Crippen LogP contribution in [0.15, 0.2) is 66.3 Å². The zero-order valence-corrected chi connectivity index (χ0v) is 16.7. The number of nitrogens with two attached hydrogens (primary N) is 1. The van der Waals surface area contributed by atoms with Crippen molar-refractivity contribution in [1.82, 2.24) is 20.4 Å². The number of pyridine rings is 3. The van der Waals surface area contributed by atoms with Crippen molar-refractivity contribution in [3.63, 3.8) is 0 Å². The molecule has 0 fully saturated rings. The first-order valence-electron chi connectivity index (χ1n) is 9.47. The molecule has 28 heavy (non-hydrogen) atoms. The first-order chi connectivity index (χ1) is 13.6. The van der Waals surface area contributed by atoms with E-state index in [0.29, 0.717) is 19.3 Å². The van der Waals surface area contributed by atoms with Gasteiger partial charge in [-0.25, -0.2) is 0 Å². The van der Waals surface area contributed by atoms with Gasteiger partial charge in [-0.2, -0.15) is 0 Å². The smallest absolute Gasteiger partial charge is 0.0491 e. The predicted octanol–water partition coefficient (Wildman–Crippen LogP) is 3.54. The summed E-state index contributed by atoms with van der Waals surface area (Å²) < 4.78 is 0. The number of rotatable bonds is 7. The Labute approximate surface area is 166 Å². The van der Waals surface area contributed by atoms with Crippen molar-refractivity contribution in [3.8, 4) is 0 Å². The minimum Gasteiger partial charge on any atom is -0.328 e. The first-order valence-corrected chi connectivity index (χ1v) is 9.47. The highest BCUT2D eigenvalue weighted by molar-refractivity contribution is 5.33. The number of nitrogens with zero attached hydrogens (tertiary/aromatic N) is 3. The normalized spacial score (nSPS) is 10.6. The van der Waals surface area contributed by atoms with Gasteiger partial charge in [-0.1, -0.05) is 18.2 Å². The largest absolute Gasteiger partial charge is 0.328 e. The summed E-state index contributed by atoms with van der Waals surface area (Å²) in [6.45, 7) is 6.25. The van der Waals surface area contributed by atoms with E-state index >= 15 is 0 Å². The molecule has 5 nitrogen and oxygen atoms in total. The van der Waals surface area contributed by atoms with E-state index in [0.717, 1.165) is 28.3 Å². The molecule has 0 aliphatic carbocycles. The van der Waals surface area contributed by atoms with Crippen LogP contribution in [0.2, 0.25) is 0 Å². The maximum atomic E-state index is 5.98. The third-order valence-corrected chi connectivity index (χ3v) is 5.06. The molecule has 0 saturated carbocycles. The van der Waals surface area contributed by atoms with Crippen molar-refractivity contribution in [3.05, 3.63) is 100 Å². The summed E-state index contributed by atoms with van der Waals surface area (Å²) in [5, 5.41) is 0. The Hall–Kier alpha value is -3.05. The van der Waals surface area contributed by atoms with Crippen LogP contribution >= 0.6 is 0 Å². The minimum absolute atomic E-state index is 0.649. The Morgan fingerprint density at radius 1 is 0.714 bits per heavy atom. The molecule has 3 aromatic heterocycles. The van der Waals surface area contributed by atoms with Gasteiger partial charge in [0.1, 0.15) is 0 Å². The van der Waals surface area contributed by atoms with Gasteiger partial charge in [-0.3, -0.25) is 20.8 Å². The quantitative estimate of drug-likeness (QED) is 0.489. The van der Waals surface area contributed by atoms with E-state index in [4.69, 9.17) is 5.84 Å². The molecule has 0 unspecified atom stereocenters. The van der Waals surface area contributed by atoms with Crippen LogP contribution in [-0.4, -0.2) is 15.0 Å². The molecule has 3 heterocycles. The summed E-state index contributed by atoms with van der Waals surface area (Å²) >= 11 is 0. The maximum Gasteiger partial charge on any atom is 0.0491 e. The Balaban J connectivity index is 2.01. The standard InChI is InChI=1S/C23H27N5/c1-16-7-4-10-25-20(16)13-19(14-21-17(2)8-5-11-26-21)23(28-24)15-22-18(3)9-6-12-27-22/h4-12,28H,13-15,24H2,1-3H3. The van der Waals surface area contributed by atoms with Crippen LogP contribution in [0.4, 0.5) is 0 Å². The van der Waals surface area contributed by atoms with Crippen LogP contribution in [0.5, 0.6) is 0 Å². The topological polar surface area (TPSA) is 76.7 Å². The van der Waals surface area contributed by atoms with Gasteiger partial charge in [0.2, 0.25) is 0 Å². The summed E-state index contributed by atoms with van der Waals surface area (Å²) in [5.74, 6) is 5.98. The number of aromatic nitrogens is 3. The second-order valence-corrected chi connectivity index (χ2v) is 7.06. The van der Waals surface area contributed by atoms with Crippen LogP contribution < -0.4 is 11.3 Å². The zero-order valence-electron chi connectivity index (χ0n) is 16.7. The molecule has 0 aliphatic heterocycles. The van der Waals surface area contributed by atoms with E-state index in [1.165, 1.54) is 16.7 Å². The lowest BCUT2D eigenvalue weighted by molar-refractivity contribution is 0.774. The van der Waals surface area contributed by atoms with Gasteiger partial charge >= 0.3 is 0 Å². The third-order valence-electron chi connectivity index (χ3n) is 5.06. The summed E-state index contributed by atoms with van der Waals surface area (Å²) in [4.78, 5) is 13.7. The van der Waals surface area contributed by atoms with E-state index in [1.54, 1.807) is 0 Å². The Morgan fingerprint density at radius 2 is 1.11 bits per heavy atom. The van der Waals surface area contributed by atoms with Crippen molar-refractivity contribution >= 4 is 0 Å². The second-order valence-electron chi connectivity index (χ2n) is 7.06. The monoisotopic (exact) mass is 373 g/mol. The SMILES string of the molecule is Cc1cccnc1CC(Cc1ncccc1C)=C(Cc1ncccc1C)NN. The number of hydrazine groups is 1. The average Bonchev–Trinajstić information content (AvgIpc) is 2.70. The molecular formula is C23H27N5. The first kappa shape index (κ1) is 19.7. The fourth-order valence-electron chi connectivity index (χ4n) is 3.24. The average molecular weight is 374 g/mol. The van der Waals surface area contributed by atoms with Gasteiger partial charge in [0, 0.05) is 60.6 Å². The fraction of sp³-hybridized carbons (Fsp3) is 0.261. The van der Waals surface area contributed by atoms with Crippen LogP contribution in [0.3, 0.4) is 0 Å². The molecule has 144 valence electrons. The lowest BCUT2D eigenvalue weighted by Crippen LogP contribution is -2.26. The lowest BCUT2D eigenvalue weighted by Gasteiger charge is -2.17. The van der Waals surface area contributed by atoms with Crippen molar-refractivity contribution in [2.24, 2.45) is 5.84 Å². The number of aryl methyl sites for hydroxylation is 3. The van der Waals surface area contributed by atoms with Crippen molar-refractivity contribution in [2.75, 3.05) is 0 Å². The van der Waals surface area contributed by atoms with E-state index in [2.05, 4.69) is 59.3 Å². The van der Waals surface area contributed by atoms with Crippen molar-refractivity contribution < 1.29 is 0 Å². The second kappa shape index (κ2) is 9.24. The van der Waals surface area contributed by atoms with Gasteiger partial charge in [0.05, 0.1) is 0 Å². The molecular weight excluding hydrogens is 346 g/mol. The van der Waals surface area contributed by atoms with Crippen LogP contribution in [0, 0.1) is 20.8 Å². The Morgan fingerprint density at radius 3 is 1.46 bits per heavy atom. The highest BCUT2D eigenvalue weighted by atomic mass is 15.2. The Bertz CT molecular complexity index is 928. The summed E-state index contributed by atoms with van der Waals surface area (Å²) in [6.07, 6.45) is 7.58. The van der Waals surface area contributed by atoms with E-state index < -0.39 is 0 Å². The van der Waals surface area contributed by atoms with E-state index in [1.807, 2.05) is 36.8 Å². The molecule has 3 rings (SSSR count). The molecule has 3 N–H and O–H groups in total. The van der Waals surface area contributed by atoms with Crippen molar-refractivity contribution in [2.45, 2.75) is 40.0 Å². The summed E-state index contributed by atoms with van der Waals surface area (Å²) in [6, 6.07) is 12.1. The third kappa shape index (κ3) is 4.81. The van der Waals surface area contributed by atoms with Gasteiger partial charge in [0.15, 0.2) is 0 Å². The summed E-state index contributed by atoms with van der Waals surface area (Å²) in [5.41, 5.74) is 11.7. The van der Waals surface area contributed by atoms with Gasteiger partial charge in [0.25, 0.3) is 0 Å². The number of hydrogen-bond donors (Lipinski definition) is 2. The van der Waals surface area contributed by atoms with Crippen LogP contribution in [0.1, 0.15) is 33.8 Å². The number of allylic oxidation sites excluding steroid dienone is 2. The van der Waals surface area contributed by atoms with Gasteiger partial charge in [-0.05, 0) is 61.2 Å². The number of hydrogen-bond acceptors (Lipinski definition) is 5. The maximum absolute atomic E-state index is 5.98. The lowest BCUT2D eigenvalue weighted by atomic mass is 9.95. The number of nitrogens with one attached hydrogen (secondary N) is 1. The summed E-state index contributed by atoms with van der Waals surface area (Å²) in [7, 11) is 0. The molecule has 0 bridgehead atoms. The fourth-order valence-corrected chi connectivity index (χ4v) is 3.24. The van der Waals surface area contributed by atoms with Gasteiger partial charge in [-0.15, -0.1) is 0 Å². The van der Waals surface area contributed by atoms with Gasteiger partial charge < -0.3 is 5.43 Å². The van der Waals surface area contributed by atoms with Crippen LogP contribution in [0.25, 0.3) is 0 Å². The predicted molar refractivity (Wildman–Crippen MR) is 112 cm³/mol. The zero-order chi connectivity index (χ0) is 19.9. The molecule has 0 radical (unpaired) electrons. The molecule has 0 spiro atoms. The van der Waals surface area contributed by atoms with E-state index in [9.17, 15) is 0 Å². The molecule has 0 atom stereocenters. The van der Waals surface area contributed by atoms with E-state index in [-0.39, 0.29) is 0 Å². The Kier molecular flexibility index (Phi) is 6.50. The molecule has 0 saturated heterocycles. The van der Waals surface area contributed by atoms with Crippen LogP contribution in [-0.2, 0) is 19.3 Å². The molecule has 0 aromatic carbocycles. The molecule has 3 aromatic rings. The highest BCUT2D eigenvalue weighted by Gasteiger charge is 2.14. The minimum atomic E-state index is 0.649. The molecule has 0 amide bonds. The highest BCUT2D eigenvalue weighted by Crippen LogP contribution is 2.21.